The number of allylic oxidation sites excluding steroid dienone is 3. The highest BCUT2D eigenvalue weighted by molar-refractivity contribution is 7.91. The van der Waals surface area contributed by atoms with Crippen molar-refractivity contribution in [2.24, 2.45) is 0 Å². The maximum Gasteiger partial charge on any atom is 0.318 e. The van der Waals surface area contributed by atoms with Crippen molar-refractivity contribution in [3.63, 3.8) is 0 Å². The predicted octanol–water partition coefficient (Wildman–Crippen LogP) is 4.15. The number of sulfone groups is 1. The Labute approximate surface area is 137 Å². The minimum atomic E-state index is -3.99. The molecule has 0 bridgehead atoms. The van der Waals surface area contributed by atoms with Crippen LogP contribution in [-0.2, 0) is 9.84 Å². The van der Waals surface area contributed by atoms with Gasteiger partial charge in [0.25, 0.3) is 0 Å². The van der Waals surface area contributed by atoms with Crippen molar-refractivity contribution in [2.75, 3.05) is 0 Å². The molecule has 0 amide bonds. The molecule has 0 aromatic heterocycles. The molecular formula is C17H23NO4S. The number of rotatable bonds is 8. The highest BCUT2D eigenvalue weighted by atomic mass is 32.2. The fourth-order valence-corrected chi connectivity index (χ4v) is 3.51. The molecule has 0 aliphatic rings. The summed E-state index contributed by atoms with van der Waals surface area (Å²) in [6, 6.07) is 7.57. The molecule has 0 saturated heterocycles. The van der Waals surface area contributed by atoms with Crippen LogP contribution in [0.15, 0.2) is 58.5 Å². The van der Waals surface area contributed by atoms with E-state index < -0.39 is 20.1 Å². The molecule has 5 nitrogen and oxygen atoms in total. The van der Waals surface area contributed by atoms with Crippen LogP contribution in [0, 0.1) is 10.1 Å². The van der Waals surface area contributed by atoms with Crippen LogP contribution in [0.2, 0.25) is 0 Å². The minimum Gasteiger partial charge on any atom is -0.263 e. The van der Waals surface area contributed by atoms with Gasteiger partial charge >= 0.3 is 5.37 Å². The lowest BCUT2D eigenvalue weighted by Crippen LogP contribution is -2.29. The quantitative estimate of drug-likeness (QED) is 0.406. The van der Waals surface area contributed by atoms with Crippen molar-refractivity contribution in [3.05, 3.63) is 63.7 Å². The highest BCUT2D eigenvalue weighted by Crippen LogP contribution is 2.20. The average molecular weight is 337 g/mol. The third-order valence-electron chi connectivity index (χ3n) is 3.42. The summed E-state index contributed by atoms with van der Waals surface area (Å²) >= 11 is 0. The maximum atomic E-state index is 12.4. The molecule has 1 aromatic carbocycles. The van der Waals surface area contributed by atoms with Crippen molar-refractivity contribution < 1.29 is 13.3 Å². The van der Waals surface area contributed by atoms with E-state index in [4.69, 9.17) is 0 Å². The van der Waals surface area contributed by atoms with Crippen LogP contribution < -0.4 is 0 Å². The summed E-state index contributed by atoms with van der Waals surface area (Å²) in [6.45, 7) is 5.88. The third kappa shape index (κ3) is 5.98. The second-order valence-electron chi connectivity index (χ2n) is 5.70. The molecule has 126 valence electrons. The summed E-state index contributed by atoms with van der Waals surface area (Å²) in [5, 5.41) is 9.57. The van der Waals surface area contributed by atoms with Crippen molar-refractivity contribution in [2.45, 2.75) is 50.3 Å². The highest BCUT2D eigenvalue weighted by Gasteiger charge is 2.36. The van der Waals surface area contributed by atoms with E-state index in [0.29, 0.717) is 0 Å². The number of hydrogen-bond acceptors (Lipinski definition) is 4. The van der Waals surface area contributed by atoms with Gasteiger partial charge in [-0.3, -0.25) is 10.1 Å². The minimum absolute atomic E-state index is 0.0164. The molecule has 0 heterocycles. The monoisotopic (exact) mass is 337 g/mol. The molecule has 1 atom stereocenters. The molecule has 0 spiro atoms. The van der Waals surface area contributed by atoms with Crippen molar-refractivity contribution in [1.82, 2.24) is 0 Å². The van der Waals surface area contributed by atoms with E-state index in [9.17, 15) is 18.5 Å². The molecule has 1 aromatic rings. The fourth-order valence-electron chi connectivity index (χ4n) is 2.09. The van der Waals surface area contributed by atoms with E-state index in [1.807, 2.05) is 20.8 Å². The van der Waals surface area contributed by atoms with E-state index >= 15 is 0 Å². The molecule has 0 saturated carbocycles. The van der Waals surface area contributed by atoms with Gasteiger partial charge in [0.1, 0.15) is 0 Å². The van der Waals surface area contributed by atoms with Gasteiger partial charge in [-0.05, 0) is 45.7 Å². The smallest absolute Gasteiger partial charge is 0.263 e. The zero-order chi connectivity index (χ0) is 17.5. The second kappa shape index (κ2) is 8.62. The lowest BCUT2D eigenvalue weighted by atomic mass is 10.1. The number of nitro groups is 1. The molecule has 0 aliphatic carbocycles. The molecule has 0 fully saturated rings. The van der Waals surface area contributed by atoms with Gasteiger partial charge in [-0.1, -0.05) is 41.5 Å². The molecule has 1 unspecified atom stereocenters. The largest absolute Gasteiger partial charge is 0.318 e. The number of hydrogen-bond donors (Lipinski definition) is 0. The van der Waals surface area contributed by atoms with Crippen molar-refractivity contribution in [1.29, 1.82) is 0 Å². The van der Waals surface area contributed by atoms with E-state index in [-0.39, 0.29) is 11.3 Å². The van der Waals surface area contributed by atoms with Crippen LogP contribution >= 0.6 is 0 Å². The van der Waals surface area contributed by atoms with Crippen LogP contribution in [0.1, 0.15) is 40.0 Å². The van der Waals surface area contributed by atoms with Gasteiger partial charge in [-0.15, -0.1) is 0 Å². The van der Waals surface area contributed by atoms with Gasteiger partial charge in [0.15, 0.2) is 0 Å². The summed E-state index contributed by atoms with van der Waals surface area (Å²) < 4.78 is 24.8. The molecular weight excluding hydrogens is 314 g/mol. The maximum absolute atomic E-state index is 12.4. The summed E-state index contributed by atoms with van der Waals surface area (Å²) in [5.41, 5.74) is 2.17. The lowest BCUT2D eigenvalue weighted by molar-refractivity contribution is -0.496. The van der Waals surface area contributed by atoms with Crippen molar-refractivity contribution in [3.8, 4) is 0 Å². The summed E-state index contributed by atoms with van der Waals surface area (Å²) in [5.74, 6) is 0. The number of nitrogens with zero attached hydrogens (tertiary/aromatic N) is 1. The van der Waals surface area contributed by atoms with Gasteiger partial charge in [-0.2, -0.15) is 0 Å². The Kier molecular flexibility index (Phi) is 7.16. The first-order valence-electron chi connectivity index (χ1n) is 7.46. The van der Waals surface area contributed by atoms with Gasteiger partial charge in [0.2, 0.25) is 9.84 Å². The Morgan fingerprint density at radius 3 is 2.30 bits per heavy atom. The fraction of sp³-hybridized carbons (Fsp3) is 0.412. The van der Waals surface area contributed by atoms with E-state index in [1.54, 1.807) is 24.3 Å². The lowest BCUT2D eigenvalue weighted by Gasteiger charge is -2.09. The molecule has 0 aliphatic heterocycles. The summed E-state index contributed by atoms with van der Waals surface area (Å²) in [4.78, 5) is 10.5. The van der Waals surface area contributed by atoms with Gasteiger partial charge in [0, 0.05) is 11.3 Å². The van der Waals surface area contributed by atoms with Crippen LogP contribution in [0.4, 0.5) is 0 Å². The van der Waals surface area contributed by atoms with E-state index in [0.717, 1.165) is 18.4 Å². The van der Waals surface area contributed by atoms with E-state index in [1.165, 1.54) is 17.7 Å². The van der Waals surface area contributed by atoms with Gasteiger partial charge in [-0.25, -0.2) is 8.42 Å². The normalized spacial score (nSPS) is 13.4. The third-order valence-corrected chi connectivity index (χ3v) is 5.43. The first-order chi connectivity index (χ1) is 10.7. The van der Waals surface area contributed by atoms with Crippen LogP contribution in [-0.4, -0.2) is 18.7 Å². The Bertz CT molecular complexity index is 687. The predicted molar refractivity (Wildman–Crippen MR) is 91.4 cm³/mol. The first-order valence-corrected chi connectivity index (χ1v) is 9.01. The SMILES string of the molecule is CC(C)=CCC/C(C)=C/CC([N+](=O)[O-])S(=O)(=O)c1ccccc1. The molecule has 1 rings (SSSR count). The molecule has 0 N–H and O–H groups in total. The zero-order valence-electron chi connectivity index (χ0n) is 13.7. The summed E-state index contributed by atoms with van der Waals surface area (Å²) in [6.07, 6.45) is 5.24. The Hall–Kier alpha value is -1.95. The molecule has 23 heavy (non-hydrogen) atoms. The van der Waals surface area contributed by atoms with Crippen LogP contribution in [0.25, 0.3) is 0 Å². The summed E-state index contributed by atoms with van der Waals surface area (Å²) in [7, 11) is -3.99. The first kappa shape index (κ1) is 19.1. The Morgan fingerprint density at radius 2 is 1.78 bits per heavy atom. The Balaban J connectivity index is 2.88. The van der Waals surface area contributed by atoms with Gasteiger partial charge < -0.3 is 0 Å². The topological polar surface area (TPSA) is 77.3 Å². The second-order valence-corrected chi connectivity index (χ2v) is 7.81. The molecule has 0 radical (unpaired) electrons. The zero-order valence-corrected chi connectivity index (χ0v) is 14.5. The van der Waals surface area contributed by atoms with Gasteiger partial charge in [0.05, 0.1) is 4.90 Å². The number of benzene rings is 1. The van der Waals surface area contributed by atoms with Crippen LogP contribution in [0.5, 0.6) is 0 Å². The molecule has 6 heteroatoms. The standard InChI is InChI=1S/C17H23NO4S/c1-14(2)8-7-9-15(3)12-13-17(18(19)20)23(21,22)16-10-5-4-6-11-16/h4-6,8,10-12,17H,7,9,13H2,1-3H3/b15-12+. The van der Waals surface area contributed by atoms with Crippen molar-refractivity contribution >= 4 is 9.84 Å². The average Bonchev–Trinajstić information content (AvgIpc) is 2.47. The Morgan fingerprint density at radius 1 is 1.17 bits per heavy atom. The van der Waals surface area contributed by atoms with Crippen LogP contribution in [0.3, 0.4) is 0 Å². The van der Waals surface area contributed by atoms with E-state index in [2.05, 4.69) is 6.08 Å².